The van der Waals surface area contributed by atoms with Gasteiger partial charge in [0, 0.05) is 25.2 Å². The molecular formula is C28H29N3O4. The van der Waals surface area contributed by atoms with Gasteiger partial charge in [0.1, 0.15) is 5.92 Å². The summed E-state index contributed by atoms with van der Waals surface area (Å²) in [5, 5.41) is 5.78. The van der Waals surface area contributed by atoms with E-state index < -0.39 is 5.92 Å². The van der Waals surface area contributed by atoms with Gasteiger partial charge >= 0.3 is 0 Å². The van der Waals surface area contributed by atoms with Gasteiger partial charge < -0.3 is 20.1 Å². The number of aliphatic imine (C=N–C) groups is 1. The summed E-state index contributed by atoms with van der Waals surface area (Å²) in [6, 6.07) is 21.0. The number of hydrogen-bond donors (Lipinski definition) is 2. The molecule has 0 aliphatic carbocycles. The number of anilines is 1. The fraction of sp³-hybridized carbons (Fsp3) is 0.250. The predicted molar refractivity (Wildman–Crippen MR) is 137 cm³/mol. The Labute approximate surface area is 205 Å². The number of nitrogens with one attached hydrogen (secondary N) is 2. The smallest absolute Gasteiger partial charge is 0.238 e. The van der Waals surface area contributed by atoms with Crippen molar-refractivity contribution in [2.24, 2.45) is 4.99 Å². The molecule has 0 saturated heterocycles. The monoisotopic (exact) mass is 471 g/mol. The minimum Gasteiger partial charge on any atom is -0.490 e. The van der Waals surface area contributed by atoms with Crippen LogP contribution in [0, 0.1) is 0 Å². The van der Waals surface area contributed by atoms with Gasteiger partial charge in [-0.15, -0.1) is 0 Å². The topological polar surface area (TPSA) is 89.0 Å². The highest BCUT2D eigenvalue weighted by molar-refractivity contribution is 6.24. The van der Waals surface area contributed by atoms with Crippen molar-refractivity contribution in [1.29, 1.82) is 0 Å². The molecule has 2 amide bonds. The Morgan fingerprint density at radius 3 is 2.26 bits per heavy atom. The largest absolute Gasteiger partial charge is 0.490 e. The van der Waals surface area contributed by atoms with Gasteiger partial charge in [0.2, 0.25) is 11.8 Å². The van der Waals surface area contributed by atoms with E-state index in [-0.39, 0.29) is 11.8 Å². The second kappa shape index (κ2) is 10.9. The van der Waals surface area contributed by atoms with Crippen molar-refractivity contribution in [2.75, 3.05) is 18.5 Å². The molecule has 4 rings (SSSR count). The maximum Gasteiger partial charge on any atom is 0.238 e. The van der Waals surface area contributed by atoms with Crippen LogP contribution < -0.4 is 20.1 Å². The number of amides is 2. The van der Waals surface area contributed by atoms with Crippen LogP contribution in [0.5, 0.6) is 11.5 Å². The highest BCUT2D eigenvalue weighted by Gasteiger charge is 2.36. The Morgan fingerprint density at radius 2 is 1.63 bits per heavy atom. The fourth-order valence-corrected chi connectivity index (χ4v) is 4.04. The van der Waals surface area contributed by atoms with Crippen LogP contribution in [-0.2, 0) is 16.1 Å². The highest BCUT2D eigenvalue weighted by Crippen LogP contribution is 2.43. The number of ether oxygens (including phenoxy) is 2. The summed E-state index contributed by atoms with van der Waals surface area (Å²) in [5.41, 5.74) is 4.67. The number of carbonyl (C=O) groups excluding carboxylic acids is 2. The molecule has 3 aromatic carbocycles. The second-order valence-electron chi connectivity index (χ2n) is 8.11. The zero-order valence-electron chi connectivity index (χ0n) is 20.1. The lowest BCUT2D eigenvalue weighted by Crippen LogP contribution is -2.22. The molecule has 7 nitrogen and oxygen atoms in total. The molecule has 1 aliphatic heterocycles. The first-order valence-electron chi connectivity index (χ1n) is 11.7. The molecule has 0 aromatic heterocycles. The van der Waals surface area contributed by atoms with E-state index in [1.807, 2.05) is 80.6 Å². The molecule has 35 heavy (non-hydrogen) atoms. The lowest BCUT2D eigenvalue weighted by atomic mass is 9.90. The molecule has 0 saturated carbocycles. The average Bonchev–Trinajstić information content (AvgIpc) is 3.17. The lowest BCUT2D eigenvalue weighted by Gasteiger charge is -2.16. The molecule has 2 N–H and O–H groups in total. The summed E-state index contributed by atoms with van der Waals surface area (Å²) in [7, 11) is 0. The standard InChI is InChI=1S/C28H29N3O4/c1-4-34-24-15-22-23(16-25(24)35-5-2)31-28(33)26(22)27(20-9-7-6-8-10-20)30-21-13-11-19(12-14-21)17-29-18(3)32/h6-16,26H,4-5,17H2,1-3H3,(H,29,32)(H,31,33). The van der Waals surface area contributed by atoms with E-state index in [1.165, 1.54) is 6.92 Å². The second-order valence-corrected chi connectivity index (χ2v) is 8.11. The van der Waals surface area contributed by atoms with Gasteiger partial charge in [0.25, 0.3) is 0 Å². The maximum atomic E-state index is 13.3. The normalized spacial score (nSPS) is 14.8. The van der Waals surface area contributed by atoms with Crippen LogP contribution in [0.1, 0.15) is 43.4 Å². The minimum atomic E-state index is -0.610. The van der Waals surface area contributed by atoms with Crippen LogP contribution in [0.2, 0.25) is 0 Å². The van der Waals surface area contributed by atoms with E-state index in [9.17, 15) is 9.59 Å². The first kappa shape index (κ1) is 24.0. The molecular weight excluding hydrogens is 442 g/mol. The molecule has 3 aromatic rings. The summed E-state index contributed by atoms with van der Waals surface area (Å²) in [6.45, 7) is 6.73. The van der Waals surface area contributed by atoms with Gasteiger partial charge in [-0.3, -0.25) is 14.6 Å². The van der Waals surface area contributed by atoms with E-state index in [2.05, 4.69) is 10.6 Å². The average molecular weight is 472 g/mol. The fourth-order valence-electron chi connectivity index (χ4n) is 4.04. The first-order valence-corrected chi connectivity index (χ1v) is 11.7. The molecule has 1 aliphatic rings. The molecule has 7 heteroatoms. The Morgan fingerprint density at radius 1 is 0.971 bits per heavy atom. The first-order chi connectivity index (χ1) is 17.0. The predicted octanol–water partition coefficient (Wildman–Crippen LogP) is 4.98. The van der Waals surface area contributed by atoms with Crippen LogP contribution in [0.15, 0.2) is 71.7 Å². The number of rotatable bonds is 9. The maximum absolute atomic E-state index is 13.3. The Balaban J connectivity index is 1.77. The Kier molecular flexibility index (Phi) is 7.45. The van der Waals surface area contributed by atoms with E-state index in [0.29, 0.717) is 48.3 Å². The van der Waals surface area contributed by atoms with Crippen molar-refractivity contribution >= 4 is 28.9 Å². The van der Waals surface area contributed by atoms with Gasteiger partial charge in [-0.25, -0.2) is 0 Å². The highest BCUT2D eigenvalue weighted by atomic mass is 16.5. The summed E-state index contributed by atoms with van der Waals surface area (Å²) >= 11 is 0. The summed E-state index contributed by atoms with van der Waals surface area (Å²) in [5.74, 6) is 0.358. The van der Waals surface area contributed by atoms with Crippen LogP contribution in [0.4, 0.5) is 11.4 Å². The number of hydrogen-bond acceptors (Lipinski definition) is 5. The summed E-state index contributed by atoms with van der Waals surface area (Å²) < 4.78 is 11.6. The molecule has 1 heterocycles. The van der Waals surface area contributed by atoms with E-state index in [1.54, 1.807) is 0 Å². The molecule has 180 valence electrons. The molecule has 1 unspecified atom stereocenters. The zero-order valence-corrected chi connectivity index (χ0v) is 20.1. The van der Waals surface area contributed by atoms with Crippen LogP contribution in [0.3, 0.4) is 0 Å². The van der Waals surface area contributed by atoms with Crippen molar-refractivity contribution in [3.8, 4) is 11.5 Å². The van der Waals surface area contributed by atoms with Crippen LogP contribution in [0.25, 0.3) is 0 Å². The zero-order chi connectivity index (χ0) is 24.8. The third kappa shape index (κ3) is 5.51. The number of carbonyl (C=O) groups is 2. The number of benzene rings is 3. The van der Waals surface area contributed by atoms with Crippen molar-refractivity contribution in [3.63, 3.8) is 0 Å². The van der Waals surface area contributed by atoms with Crippen molar-refractivity contribution < 1.29 is 19.1 Å². The molecule has 0 fully saturated rings. The van der Waals surface area contributed by atoms with Crippen LogP contribution >= 0.6 is 0 Å². The summed E-state index contributed by atoms with van der Waals surface area (Å²) in [6.07, 6.45) is 0. The molecule has 0 radical (unpaired) electrons. The number of fused-ring (bicyclic) bond motifs is 1. The Bertz CT molecular complexity index is 1240. The lowest BCUT2D eigenvalue weighted by molar-refractivity contribution is -0.119. The third-order valence-electron chi connectivity index (χ3n) is 5.62. The van der Waals surface area contributed by atoms with Crippen LogP contribution in [-0.4, -0.2) is 30.7 Å². The van der Waals surface area contributed by atoms with Gasteiger partial charge in [0.05, 0.1) is 24.6 Å². The van der Waals surface area contributed by atoms with Crippen molar-refractivity contribution in [2.45, 2.75) is 33.2 Å². The molecule has 0 spiro atoms. The van der Waals surface area contributed by atoms with Gasteiger partial charge in [-0.2, -0.15) is 0 Å². The SMILES string of the molecule is CCOc1cc2c(cc1OCC)C(C(=Nc1ccc(CNC(C)=O)cc1)c1ccccc1)C(=O)N2. The van der Waals surface area contributed by atoms with E-state index in [4.69, 9.17) is 14.5 Å². The van der Waals surface area contributed by atoms with Gasteiger partial charge in [-0.05, 0) is 48.7 Å². The van der Waals surface area contributed by atoms with Gasteiger partial charge in [-0.1, -0.05) is 42.5 Å². The Hall–Kier alpha value is -4.13. The molecule has 0 bridgehead atoms. The van der Waals surface area contributed by atoms with Crippen molar-refractivity contribution in [1.82, 2.24) is 5.32 Å². The summed E-state index contributed by atoms with van der Waals surface area (Å²) in [4.78, 5) is 29.4. The van der Waals surface area contributed by atoms with E-state index >= 15 is 0 Å². The van der Waals surface area contributed by atoms with Gasteiger partial charge in [0.15, 0.2) is 11.5 Å². The third-order valence-corrected chi connectivity index (χ3v) is 5.62. The molecule has 1 atom stereocenters. The quantitative estimate of drug-likeness (QED) is 0.431. The number of nitrogens with zero attached hydrogens (tertiary/aromatic N) is 1. The van der Waals surface area contributed by atoms with Crippen molar-refractivity contribution in [3.05, 3.63) is 83.4 Å². The minimum absolute atomic E-state index is 0.0803. The van der Waals surface area contributed by atoms with E-state index in [0.717, 1.165) is 16.7 Å².